The fourth-order valence-electron chi connectivity index (χ4n) is 14.3. The number of aliphatic carboxylic acids is 1. The molecular weight excluding hydrogens is 1530 g/mol. The number of rotatable bonds is 16. The largest absolute Gasteiger partial charge is 0.490 e. The number of sulfonamides is 1. The minimum Gasteiger partial charge on any atom is -0.490 e. The fourth-order valence-corrected chi connectivity index (χ4v) is 15.3. The van der Waals surface area contributed by atoms with E-state index in [4.69, 9.17) is 14.2 Å². The number of nitrogens with one attached hydrogen (secondary N) is 9. The van der Waals surface area contributed by atoms with Crippen LogP contribution in [-0.2, 0) is 95.0 Å². The number of pyridine rings is 1. The molecule has 10 N–H and O–H groups in total. The number of amides is 9. The molecule has 6 aliphatic heterocycles. The summed E-state index contributed by atoms with van der Waals surface area (Å²) >= 11 is 0. The molecule has 118 heavy (non-hydrogen) atoms. The molecule has 31 nitrogen and oxygen atoms in total. The molecule has 6 aliphatic rings. The van der Waals surface area contributed by atoms with Crippen LogP contribution < -0.4 is 56.7 Å². The van der Waals surface area contributed by atoms with Crippen LogP contribution in [0.25, 0.3) is 21.5 Å². The van der Waals surface area contributed by atoms with Crippen molar-refractivity contribution in [1.29, 1.82) is 0 Å². The van der Waals surface area contributed by atoms with Crippen molar-refractivity contribution in [2.24, 2.45) is 10.8 Å². The number of carbonyl (C=O) groups is 10. The summed E-state index contributed by atoms with van der Waals surface area (Å²) in [5, 5.41) is 45.4. The Morgan fingerprint density at radius 2 is 1.05 bits per heavy atom. The van der Waals surface area contributed by atoms with Gasteiger partial charge in [0.05, 0.1) is 37.0 Å². The number of aromatic nitrogens is 4. The average molecular weight is 1630 g/mol. The van der Waals surface area contributed by atoms with Crippen LogP contribution in [0.2, 0.25) is 0 Å². The first kappa shape index (κ1) is 86.8. The molecule has 6 aromatic carbocycles. The SMILES string of the molecule is CN[C@@H](C)C(=O)N[C@H](C(=O)N1C[C@@H]2C[C@H]1C(=O)N[C@@H](Cc1ccc3ccccc3c1)C(=O)N[C@H](C(=O)O)Cc1ccc(cc1)OC/C=C/CO[C@H]1C[C@@H](C(=O)N[C@@H](Cc3ccc4ccccc4c3)C(=O)N[C@H](C(=O)NS(=O)(=O)c3ccccn3)Cc3ccc(cc3)OCc3cn2nn3)N(C(=O)[C@@H](NC(=O)[C@H](C)NC)C(C)(C)C)C1)C(C)(C)C. The summed E-state index contributed by atoms with van der Waals surface area (Å²) in [6.45, 7) is 13.5. The minimum atomic E-state index is -4.66. The number of likely N-dealkylation sites (N-methyl/N-ethyl adjacent to an activating group) is 2. The Hall–Kier alpha value is -12.0. The first-order chi connectivity index (χ1) is 56.2. The number of hydrogen-bond acceptors (Lipinski definition) is 20. The van der Waals surface area contributed by atoms with Crippen molar-refractivity contribution in [3.8, 4) is 11.5 Å². The third kappa shape index (κ3) is 22.4. The van der Waals surface area contributed by atoms with Crippen molar-refractivity contribution in [1.82, 2.24) is 77.0 Å². The predicted molar refractivity (Wildman–Crippen MR) is 438 cm³/mol. The Labute approximate surface area is 685 Å². The van der Waals surface area contributed by atoms with Gasteiger partial charge in [0, 0.05) is 57.8 Å². The zero-order valence-electron chi connectivity index (χ0n) is 67.6. The second kappa shape index (κ2) is 38.4. The van der Waals surface area contributed by atoms with E-state index in [1.807, 2.05) is 78.9 Å². The van der Waals surface area contributed by atoms with Crippen LogP contribution in [0.4, 0.5) is 0 Å². The lowest BCUT2D eigenvalue weighted by Gasteiger charge is -2.36. The highest BCUT2D eigenvalue weighted by Gasteiger charge is 2.49. The molecule has 2 saturated heterocycles. The topological polar surface area (TPSA) is 411 Å². The molecule has 8 heterocycles. The Morgan fingerprint density at radius 3 is 1.56 bits per heavy atom. The van der Waals surface area contributed by atoms with Crippen LogP contribution in [0.5, 0.6) is 11.5 Å². The summed E-state index contributed by atoms with van der Waals surface area (Å²) in [5.74, 6) is -7.25. The Bertz CT molecular complexity index is 5110. The second-order valence-corrected chi connectivity index (χ2v) is 33.8. The summed E-state index contributed by atoms with van der Waals surface area (Å²) in [7, 11) is -1.46. The van der Waals surface area contributed by atoms with Crippen LogP contribution >= 0.6 is 0 Å². The van der Waals surface area contributed by atoms with E-state index in [0.29, 0.717) is 39.4 Å². The molecular formula is C86H103N15O16S. The van der Waals surface area contributed by atoms with Gasteiger partial charge >= 0.3 is 5.97 Å². The molecule has 0 unspecified atom stereocenters. The van der Waals surface area contributed by atoms with E-state index in [9.17, 15) is 37.5 Å². The summed E-state index contributed by atoms with van der Waals surface area (Å²) in [4.78, 5) is 153. The van der Waals surface area contributed by atoms with E-state index < -0.39 is 158 Å². The van der Waals surface area contributed by atoms with Gasteiger partial charge < -0.3 is 71.7 Å². The maximum Gasteiger partial charge on any atom is 0.326 e. The van der Waals surface area contributed by atoms with Crippen molar-refractivity contribution in [3.05, 3.63) is 204 Å². The molecule has 624 valence electrons. The normalized spacial score (nSPS) is 21.6. The molecule has 12 atom stereocenters. The quantitative estimate of drug-likeness (QED) is 0.0585. The van der Waals surface area contributed by atoms with Crippen molar-refractivity contribution in [2.45, 2.75) is 178 Å². The first-order valence-electron chi connectivity index (χ1n) is 39.3. The van der Waals surface area contributed by atoms with E-state index in [0.717, 1.165) is 21.5 Å². The standard InChI is InChI=1S/C86H103N15O16S/c1-51(87-9)75(102)94-73(85(3,4)5)82(109)99-48-62-45-70(99)80(107)91-67(44-56-25-31-58-20-12-14-22-60(58)40-56)78(105)93-69(84(111)112)42-54-26-32-63(33-27-54)115-37-17-18-38-116-65-46-71(100(49-65)83(110)74(86(6,7)8)95-76(103)52(2)88-10)81(108)92-66(43-55-24-30-57-19-11-13-21-59(57)39-55)77(104)90-68(79(106)97-118(113,114)72-23-15-16-36-89-72)41-53-28-34-64(35-29-53)117-50-61-47-101(62)98-96-61/h11-36,39-40,47,51-52,62,65-71,73-74,87-88H,37-38,41-46,48-50H2,1-10H3,(H,90,104)(H,91,107)(H,92,108)(H,93,105)(H,94,102)(H,95,103)(H,97,106)(H,111,112)/b18-17+/t51-,52-,62-,65-,66-,67-,68-,69-,70-,71-,73+,74+/m0/s1. The Kier molecular flexibility index (Phi) is 28.3. The molecule has 8 aromatic rings. The smallest absolute Gasteiger partial charge is 0.326 e. The van der Waals surface area contributed by atoms with Gasteiger partial charge in [0.2, 0.25) is 47.3 Å². The highest BCUT2D eigenvalue weighted by atomic mass is 32.2. The number of nitrogens with zero attached hydrogens (tertiary/aromatic N) is 6. The van der Waals surface area contributed by atoms with E-state index in [2.05, 4.69) is 62.6 Å². The van der Waals surface area contributed by atoms with E-state index in [1.54, 1.807) is 142 Å². The summed E-state index contributed by atoms with van der Waals surface area (Å²) in [6.07, 6.45) is 4.46. The van der Waals surface area contributed by atoms with Crippen LogP contribution in [0.15, 0.2) is 181 Å². The number of hydrogen-bond donors (Lipinski definition) is 10. The minimum absolute atomic E-state index is 0.0294. The lowest BCUT2D eigenvalue weighted by molar-refractivity contribution is -0.145. The van der Waals surface area contributed by atoms with E-state index in [-0.39, 0.29) is 71.4 Å². The van der Waals surface area contributed by atoms with Gasteiger partial charge in [0.25, 0.3) is 15.9 Å². The molecule has 2 fully saturated rings. The average Bonchev–Trinajstić information content (AvgIpc) is 1.63. The zero-order chi connectivity index (χ0) is 84.8. The van der Waals surface area contributed by atoms with Crippen LogP contribution in [0.1, 0.15) is 102 Å². The maximum atomic E-state index is 15.4. The maximum absolute atomic E-state index is 15.4. The fraction of sp³-hybridized carbons (Fsp3) is 0.407. The monoisotopic (exact) mass is 1630 g/mol. The lowest BCUT2D eigenvalue weighted by atomic mass is 9.85. The van der Waals surface area contributed by atoms with Crippen molar-refractivity contribution in [3.63, 3.8) is 0 Å². The third-order valence-corrected chi connectivity index (χ3v) is 22.6. The molecule has 2 aromatic heterocycles. The lowest BCUT2D eigenvalue weighted by Crippen LogP contribution is -2.61. The highest BCUT2D eigenvalue weighted by Crippen LogP contribution is 2.33. The Balaban J connectivity index is 0.933. The third-order valence-electron chi connectivity index (χ3n) is 21.3. The summed E-state index contributed by atoms with van der Waals surface area (Å²) < 4.78 is 50.0. The van der Waals surface area contributed by atoms with Gasteiger partial charge in [0.15, 0.2) is 5.03 Å². The van der Waals surface area contributed by atoms with Crippen molar-refractivity contribution < 1.29 is 75.7 Å². The highest BCUT2D eigenvalue weighted by molar-refractivity contribution is 7.90. The number of fused-ring (bicyclic) bond motifs is 2. The summed E-state index contributed by atoms with van der Waals surface area (Å²) in [6, 6.07) is 30.0. The van der Waals surface area contributed by atoms with Gasteiger partial charge in [0.1, 0.15) is 78.7 Å². The number of carboxylic acids is 1. The zero-order valence-corrected chi connectivity index (χ0v) is 68.4. The van der Waals surface area contributed by atoms with Gasteiger partial charge in [-0.3, -0.25) is 43.2 Å². The van der Waals surface area contributed by atoms with Gasteiger partial charge in [-0.2, -0.15) is 8.42 Å². The number of likely N-dealkylation sites (tertiary alicyclic amines) is 2. The van der Waals surface area contributed by atoms with E-state index >= 15 is 24.0 Å². The van der Waals surface area contributed by atoms with Crippen LogP contribution in [0.3, 0.4) is 0 Å². The van der Waals surface area contributed by atoms with Gasteiger partial charge in [-0.25, -0.2) is 19.2 Å². The van der Waals surface area contributed by atoms with E-state index in [1.165, 1.54) is 38.9 Å². The van der Waals surface area contributed by atoms with Gasteiger partial charge in [-0.05, 0) is 125 Å². The second-order valence-electron chi connectivity index (χ2n) is 32.2. The number of carboxylic acid groups (broad SMARTS) is 1. The van der Waals surface area contributed by atoms with Crippen LogP contribution in [0, 0.1) is 10.8 Å². The number of benzene rings is 6. The molecule has 14 rings (SSSR count). The summed E-state index contributed by atoms with van der Waals surface area (Å²) in [5.41, 5.74) is 0.608. The molecule has 32 heteroatoms. The molecule has 9 amide bonds. The molecule has 0 radical (unpaired) electrons. The Morgan fingerprint density at radius 1 is 0.568 bits per heavy atom. The van der Waals surface area contributed by atoms with Gasteiger partial charge in [-0.15, -0.1) is 5.10 Å². The number of ether oxygens (including phenoxy) is 3. The molecule has 0 saturated carbocycles. The van der Waals surface area contributed by atoms with Gasteiger partial charge in [-0.1, -0.05) is 168 Å². The molecule has 0 aliphatic carbocycles. The predicted octanol–water partition coefficient (Wildman–Crippen LogP) is 4.71. The van der Waals surface area contributed by atoms with Crippen molar-refractivity contribution in [2.75, 3.05) is 40.4 Å². The number of carbonyl (C=O) groups excluding carboxylic acids is 9. The van der Waals surface area contributed by atoms with Crippen LogP contribution in [-0.4, -0.2) is 209 Å². The molecule has 10 bridgehead atoms. The first-order valence-corrected chi connectivity index (χ1v) is 40.7. The molecule has 0 spiro atoms. The van der Waals surface area contributed by atoms with Crippen molar-refractivity contribution >= 4 is 90.7 Å².